The van der Waals surface area contributed by atoms with Crippen molar-refractivity contribution in [3.8, 4) is 11.1 Å². The van der Waals surface area contributed by atoms with E-state index in [-0.39, 0.29) is 11.2 Å². The summed E-state index contributed by atoms with van der Waals surface area (Å²) < 4.78 is 0. The molecule has 0 aliphatic heterocycles. The van der Waals surface area contributed by atoms with E-state index in [0.29, 0.717) is 0 Å². The van der Waals surface area contributed by atoms with Crippen molar-refractivity contribution in [2.45, 2.75) is 0 Å². The number of hydrogen-bond acceptors (Lipinski definition) is 4. The summed E-state index contributed by atoms with van der Waals surface area (Å²) in [6, 6.07) is 5.38. The Bertz CT molecular complexity index is 562. The lowest BCUT2D eigenvalue weighted by atomic mass is 10.1. The number of aromatic amines is 1. The molecule has 0 fully saturated rings. The number of anilines is 2. The molecule has 0 saturated heterocycles. The van der Waals surface area contributed by atoms with Crippen LogP contribution < -0.4 is 16.6 Å². The molecule has 0 bridgehead atoms. The van der Waals surface area contributed by atoms with Crippen LogP contribution in [0.4, 0.5) is 11.5 Å². The molecule has 0 saturated carbocycles. The number of H-pyrrole nitrogens is 1. The average molecular weight is 216 g/mol. The predicted octanol–water partition coefficient (Wildman–Crippen LogP) is 1.06. The minimum absolute atomic E-state index is 0.209. The molecule has 82 valence electrons. The molecule has 2 rings (SSSR count). The monoisotopic (exact) mass is 216 g/mol. The van der Waals surface area contributed by atoms with Crippen molar-refractivity contribution in [2.75, 3.05) is 18.1 Å². The molecule has 0 spiro atoms. The van der Waals surface area contributed by atoms with Gasteiger partial charge in [0.05, 0.1) is 5.69 Å². The zero-order chi connectivity index (χ0) is 11.5. The Balaban J connectivity index is 2.50. The Hall–Kier alpha value is -2.30. The fourth-order valence-corrected chi connectivity index (χ4v) is 1.41. The highest BCUT2D eigenvalue weighted by Crippen LogP contribution is 2.20. The topological polar surface area (TPSA) is 83.8 Å². The highest BCUT2D eigenvalue weighted by atomic mass is 16.1. The van der Waals surface area contributed by atoms with E-state index in [2.05, 4.69) is 15.3 Å². The number of hydrogen-bond donors (Lipinski definition) is 3. The molecule has 5 nitrogen and oxygen atoms in total. The molecular weight excluding hydrogens is 204 g/mol. The second-order valence-electron chi connectivity index (χ2n) is 3.35. The van der Waals surface area contributed by atoms with Gasteiger partial charge in [-0.15, -0.1) is 0 Å². The van der Waals surface area contributed by atoms with Gasteiger partial charge in [-0.05, 0) is 23.8 Å². The normalized spacial score (nSPS) is 10.1. The molecule has 0 unspecified atom stereocenters. The number of aromatic nitrogens is 2. The average Bonchev–Trinajstić information content (AvgIpc) is 2.33. The molecule has 4 N–H and O–H groups in total. The number of nitrogens with two attached hydrogens (primary N) is 1. The van der Waals surface area contributed by atoms with Crippen molar-refractivity contribution in [1.29, 1.82) is 0 Å². The Morgan fingerprint density at radius 3 is 2.88 bits per heavy atom. The first kappa shape index (κ1) is 10.2. The minimum Gasteiger partial charge on any atom is -0.394 e. The van der Waals surface area contributed by atoms with E-state index in [1.807, 2.05) is 12.1 Å². The van der Waals surface area contributed by atoms with Gasteiger partial charge < -0.3 is 16.0 Å². The first-order valence-corrected chi connectivity index (χ1v) is 4.83. The number of pyridine rings is 2. The van der Waals surface area contributed by atoms with Gasteiger partial charge in [0, 0.05) is 25.0 Å². The van der Waals surface area contributed by atoms with Crippen LogP contribution in [-0.4, -0.2) is 17.0 Å². The first-order chi connectivity index (χ1) is 7.70. The Morgan fingerprint density at radius 1 is 1.38 bits per heavy atom. The van der Waals surface area contributed by atoms with Crippen molar-refractivity contribution in [3.63, 3.8) is 0 Å². The number of rotatable bonds is 2. The van der Waals surface area contributed by atoms with E-state index in [9.17, 15) is 4.79 Å². The van der Waals surface area contributed by atoms with Gasteiger partial charge in [0.25, 0.3) is 5.56 Å². The van der Waals surface area contributed by atoms with Gasteiger partial charge in [-0.1, -0.05) is 0 Å². The van der Waals surface area contributed by atoms with E-state index in [4.69, 9.17) is 5.73 Å². The standard InChI is InChI=1S/C11H12N4O/c1-13-10-5-7(2-3-14-10)8-4-9(12)11(16)15-6-8/h2-6H,12H2,1H3,(H,13,14)(H,15,16). The summed E-state index contributed by atoms with van der Waals surface area (Å²) in [6.45, 7) is 0. The number of nitrogens with one attached hydrogen (secondary N) is 2. The summed E-state index contributed by atoms with van der Waals surface area (Å²) >= 11 is 0. The van der Waals surface area contributed by atoms with Crippen molar-refractivity contribution >= 4 is 11.5 Å². The van der Waals surface area contributed by atoms with Crippen LogP contribution in [0, 0.1) is 0 Å². The summed E-state index contributed by atoms with van der Waals surface area (Å²) in [7, 11) is 1.80. The van der Waals surface area contributed by atoms with Crippen molar-refractivity contribution < 1.29 is 0 Å². The van der Waals surface area contributed by atoms with Gasteiger partial charge in [0.15, 0.2) is 0 Å². The van der Waals surface area contributed by atoms with Crippen LogP contribution >= 0.6 is 0 Å². The van der Waals surface area contributed by atoms with Crippen molar-refractivity contribution in [1.82, 2.24) is 9.97 Å². The Kier molecular flexibility index (Phi) is 2.59. The highest BCUT2D eigenvalue weighted by Gasteiger charge is 2.01. The fourth-order valence-electron chi connectivity index (χ4n) is 1.41. The van der Waals surface area contributed by atoms with Crippen LogP contribution in [0.1, 0.15) is 0 Å². The molecule has 0 amide bonds. The fraction of sp³-hybridized carbons (Fsp3) is 0.0909. The van der Waals surface area contributed by atoms with Gasteiger partial charge in [-0.3, -0.25) is 4.79 Å². The van der Waals surface area contributed by atoms with Crippen LogP contribution in [-0.2, 0) is 0 Å². The van der Waals surface area contributed by atoms with Gasteiger partial charge in [-0.25, -0.2) is 4.98 Å². The summed E-state index contributed by atoms with van der Waals surface area (Å²) in [5, 5.41) is 2.95. The van der Waals surface area contributed by atoms with Crippen LogP contribution in [0.5, 0.6) is 0 Å². The third kappa shape index (κ3) is 1.88. The maximum absolute atomic E-state index is 11.1. The molecular formula is C11H12N4O. The SMILES string of the molecule is CNc1cc(-c2c[nH]c(=O)c(N)c2)ccn1. The second kappa shape index (κ2) is 4.06. The Morgan fingerprint density at radius 2 is 2.19 bits per heavy atom. The van der Waals surface area contributed by atoms with Crippen molar-refractivity contribution in [2.24, 2.45) is 0 Å². The molecule has 0 atom stereocenters. The minimum atomic E-state index is -0.272. The molecule has 2 aromatic rings. The lowest BCUT2D eigenvalue weighted by Crippen LogP contribution is -2.10. The van der Waals surface area contributed by atoms with E-state index < -0.39 is 0 Å². The third-order valence-corrected chi connectivity index (χ3v) is 2.28. The van der Waals surface area contributed by atoms with Crippen LogP contribution in [0.3, 0.4) is 0 Å². The molecule has 0 aliphatic carbocycles. The summed E-state index contributed by atoms with van der Waals surface area (Å²) in [4.78, 5) is 17.8. The molecule has 0 radical (unpaired) electrons. The maximum atomic E-state index is 11.1. The zero-order valence-electron chi connectivity index (χ0n) is 8.82. The largest absolute Gasteiger partial charge is 0.394 e. The summed E-state index contributed by atoms with van der Waals surface area (Å²) in [6.07, 6.45) is 3.33. The van der Waals surface area contributed by atoms with Gasteiger partial charge in [0.1, 0.15) is 5.82 Å². The highest BCUT2D eigenvalue weighted by molar-refractivity contribution is 5.68. The number of nitrogens with zero attached hydrogens (tertiary/aromatic N) is 1. The van der Waals surface area contributed by atoms with Gasteiger partial charge >= 0.3 is 0 Å². The molecule has 2 heterocycles. The number of nitrogen functional groups attached to an aromatic ring is 1. The van der Waals surface area contributed by atoms with E-state index in [1.165, 1.54) is 0 Å². The molecule has 2 aromatic heterocycles. The van der Waals surface area contributed by atoms with Crippen LogP contribution in [0.25, 0.3) is 11.1 Å². The second-order valence-corrected chi connectivity index (χ2v) is 3.35. The zero-order valence-corrected chi connectivity index (χ0v) is 8.82. The molecule has 5 heteroatoms. The lowest BCUT2D eigenvalue weighted by Gasteiger charge is -2.04. The van der Waals surface area contributed by atoms with Crippen LogP contribution in [0.2, 0.25) is 0 Å². The lowest BCUT2D eigenvalue weighted by molar-refractivity contribution is 1.24. The smallest absolute Gasteiger partial charge is 0.271 e. The summed E-state index contributed by atoms with van der Waals surface area (Å²) in [5.41, 5.74) is 7.29. The molecule has 0 aliphatic rings. The third-order valence-electron chi connectivity index (χ3n) is 2.28. The summed E-state index contributed by atoms with van der Waals surface area (Å²) in [5.74, 6) is 0.766. The quantitative estimate of drug-likeness (QED) is 0.700. The van der Waals surface area contributed by atoms with Gasteiger partial charge in [-0.2, -0.15) is 0 Å². The Labute approximate surface area is 92.3 Å². The van der Waals surface area contributed by atoms with E-state index in [1.54, 1.807) is 25.5 Å². The van der Waals surface area contributed by atoms with E-state index >= 15 is 0 Å². The first-order valence-electron chi connectivity index (χ1n) is 4.83. The molecule has 16 heavy (non-hydrogen) atoms. The van der Waals surface area contributed by atoms with Crippen molar-refractivity contribution in [3.05, 3.63) is 40.9 Å². The maximum Gasteiger partial charge on any atom is 0.271 e. The van der Waals surface area contributed by atoms with Gasteiger partial charge in [0.2, 0.25) is 0 Å². The predicted molar refractivity (Wildman–Crippen MR) is 64.3 cm³/mol. The molecule has 0 aromatic carbocycles. The van der Waals surface area contributed by atoms with E-state index in [0.717, 1.165) is 16.9 Å². The van der Waals surface area contributed by atoms with Crippen LogP contribution in [0.15, 0.2) is 35.4 Å².